The number of hydrogen-bond acceptors (Lipinski definition) is 6. The normalized spacial score (nSPS) is 18.7. The van der Waals surface area contributed by atoms with E-state index in [1.54, 1.807) is 11.8 Å². The molecule has 1 fully saturated rings. The Morgan fingerprint density at radius 3 is 2.71 bits per heavy atom. The summed E-state index contributed by atoms with van der Waals surface area (Å²) >= 11 is 2.58. The van der Waals surface area contributed by atoms with Crippen LogP contribution < -0.4 is 5.32 Å². The lowest BCUT2D eigenvalue weighted by Gasteiger charge is -2.22. The second-order valence-corrected chi connectivity index (χ2v) is 9.75. The first-order valence-corrected chi connectivity index (χ1v) is 10.6. The number of nitrogens with zero attached hydrogens (tertiary/aromatic N) is 2. The number of hydrogen-bond donors (Lipinski definition) is 1. The van der Waals surface area contributed by atoms with Crippen molar-refractivity contribution >= 4 is 44.2 Å². The van der Waals surface area contributed by atoms with E-state index in [0.29, 0.717) is 11.7 Å². The molecule has 1 atom stereocenters. The van der Waals surface area contributed by atoms with E-state index in [0.717, 1.165) is 28.2 Å². The molecule has 0 radical (unpaired) electrons. The van der Waals surface area contributed by atoms with Crippen molar-refractivity contribution in [3.8, 4) is 0 Å². The number of sulfonamides is 1. The first kappa shape index (κ1) is 17.4. The monoisotopic (exact) mass is 383 g/mol. The molecule has 1 aliphatic rings. The van der Waals surface area contributed by atoms with Crippen LogP contribution in [0.3, 0.4) is 0 Å². The summed E-state index contributed by atoms with van der Waals surface area (Å²) in [6.45, 7) is 3.82. The van der Waals surface area contributed by atoms with E-state index in [1.807, 2.05) is 31.2 Å². The molecule has 0 saturated carbocycles. The van der Waals surface area contributed by atoms with Crippen molar-refractivity contribution in [2.24, 2.45) is 0 Å². The van der Waals surface area contributed by atoms with Gasteiger partial charge in [-0.1, -0.05) is 41.2 Å². The largest absolute Gasteiger partial charge is 0.302 e. The van der Waals surface area contributed by atoms with Crippen LogP contribution in [0.1, 0.15) is 23.4 Å². The minimum Gasteiger partial charge on any atom is -0.302 e. The van der Waals surface area contributed by atoms with Crippen LogP contribution in [0.25, 0.3) is 0 Å². The van der Waals surface area contributed by atoms with Gasteiger partial charge < -0.3 is 5.32 Å². The molecule has 0 spiro atoms. The molecule has 24 heavy (non-hydrogen) atoms. The lowest BCUT2D eigenvalue weighted by atomic mass is 10.1. The summed E-state index contributed by atoms with van der Waals surface area (Å²) in [5.74, 6) is 0.470. The van der Waals surface area contributed by atoms with Crippen LogP contribution in [-0.2, 0) is 14.8 Å². The lowest BCUT2D eigenvalue weighted by Crippen LogP contribution is -2.30. The summed E-state index contributed by atoms with van der Waals surface area (Å²) in [5.41, 5.74) is 2.11. The fraction of sp³-hybridized carbons (Fsp3) is 0.333. The van der Waals surface area contributed by atoms with Crippen LogP contribution in [0.15, 0.2) is 34.7 Å². The third-order valence-electron chi connectivity index (χ3n) is 3.54. The van der Waals surface area contributed by atoms with E-state index in [-0.39, 0.29) is 15.5 Å². The number of thiazole rings is 1. The summed E-state index contributed by atoms with van der Waals surface area (Å²) in [6.07, 6.45) is 1.31. The summed E-state index contributed by atoms with van der Waals surface area (Å²) in [5, 5.41) is 2.57. The third-order valence-corrected chi connectivity index (χ3v) is 8.15. The zero-order valence-corrected chi connectivity index (χ0v) is 15.7. The van der Waals surface area contributed by atoms with Crippen LogP contribution in [0.4, 0.5) is 5.13 Å². The molecule has 1 amide bonds. The van der Waals surface area contributed by atoms with Gasteiger partial charge in [-0.3, -0.25) is 4.79 Å². The fourth-order valence-electron chi connectivity index (χ4n) is 2.40. The maximum absolute atomic E-state index is 13.0. The standard InChI is InChI=1S/C15H17N3O3S3/c1-10-3-5-12(6-4-10)14-18(7-8-22-14)24(20,21)13-9-16-15(23-13)17-11(2)19/h3-6,9,14H,7-8H2,1-2H3,(H,16,17,19). The fourth-order valence-corrected chi connectivity index (χ4v) is 6.85. The number of carbonyl (C=O) groups is 1. The van der Waals surface area contributed by atoms with Gasteiger partial charge in [0.1, 0.15) is 0 Å². The molecule has 1 saturated heterocycles. The van der Waals surface area contributed by atoms with Crippen molar-refractivity contribution in [3.05, 3.63) is 41.6 Å². The van der Waals surface area contributed by atoms with Crippen LogP contribution >= 0.6 is 23.1 Å². The lowest BCUT2D eigenvalue weighted by molar-refractivity contribution is -0.114. The number of rotatable bonds is 4. The predicted molar refractivity (Wildman–Crippen MR) is 96.7 cm³/mol. The highest BCUT2D eigenvalue weighted by atomic mass is 32.2. The predicted octanol–water partition coefficient (Wildman–Crippen LogP) is 2.85. The Bertz CT molecular complexity index is 846. The van der Waals surface area contributed by atoms with Crippen molar-refractivity contribution in [3.63, 3.8) is 0 Å². The summed E-state index contributed by atoms with van der Waals surface area (Å²) in [7, 11) is -3.64. The van der Waals surface area contributed by atoms with Gasteiger partial charge in [0, 0.05) is 19.2 Å². The first-order valence-electron chi connectivity index (χ1n) is 7.31. The van der Waals surface area contributed by atoms with Crippen molar-refractivity contribution in [1.29, 1.82) is 0 Å². The third kappa shape index (κ3) is 3.49. The minimum atomic E-state index is -3.64. The van der Waals surface area contributed by atoms with Crippen molar-refractivity contribution < 1.29 is 13.2 Å². The zero-order valence-electron chi connectivity index (χ0n) is 13.2. The number of amides is 1. The van der Waals surface area contributed by atoms with Gasteiger partial charge in [-0.15, -0.1) is 11.8 Å². The second kappa shape index (κ2) is 6.83. The van der Waals surface area contributed by atoms with Crippen molar-refractivity contribution in [2.75, 3.05) is 17.6 Å². The second-order valence-electron chi connectivity index (χ2n) is 5.42. The van der Waals surface area contributed by atoms with E-state index < -0.39 is 10.0 Å². The molecule has 3 rings (SSSR count). The smallest absolute Gasteiger partial charge is 0.255 e. The maximum Gasteiger partial charge on any atom is 0.255 e. The number of nitrogens with one attached hydrogen (secondary N) is 1. The number of thioether (sulfide) groups is 1. The summed E-state index contributed by atoms with van der Waals surface area (Å²) in [4.78, 5) is 15.1. The van der Waals surface area contributed by atoms with Crippen LogP contribution in [0, 0.1) is 6.92 Å². The Kier molecular flexibility index (Phi) is 4.95. The van der Waals surface area contributed by atoms with Gasteiger partial charge in [-0.2, -0.15) is 4.31 Å². The van der Waals surface area contributed by atoms with Gasteiger partial charge in [0.05, 0.1) is 11.6 Å². The molecule has 9 heteroatoms. The quantitative estimate of drug-likeness (QED) is 0.878. The van der Waals surface area contributed by atoms with Crippen LogP contribution in [-0.4, -0.2) is 35.9 Å². The highest BCUT2D eigenvalue weighted by molar-refractivity contribution is 8.01. The van der Waals surface area contributed by atoms with Gasteiger partial charge >= 0.3 is 0 Å². The molecule has 2 heterocycles. The summed E-state index contributed by atoms with van der Waals surface area (Å²) < 4.78 is 27.6. The first-order chi connectivity index (χ1) is 11.4. The Balaban J connectivity index is 1.89. The molecule has 1 unspecified atom stereocenters. The number of aromatic nitrogens is 1. The molecular weight excluding hydrogens is 366 g/mol. The molecule has 2 aromatic rings. The molecule has 128 valence electrons. The number of benzene rings is 1. The Labute approximate surface area is 149 Å². The molecule has 6 nitrogen and oxygen atoms in total. The van der Waals surface area contributed by atoms with Crippen LogP contribution in [0.2, 0.25) is 0 Å². The van der Waals surface area contributed by atoms with E-state index in [9.17, 15) is 13.2 Å². The van der Waals surface area contributed by atoms with Crippen molar-refractivity contribution in [1.82, 2.24) is 9.29 Å². The molecule has 0 aliphatic carbocycles. The van der Waals surface area contributed by atoms with Crippen LogP contribution in [0.5, 0.6) is 0 Å². The van der Waals surface area contributed by atoms with E-state index in [1.165, 1.54) is 17.4 Å². The van der Waals surface area contributed by atoms with Crippen molar-refractivity contribution in [2.45, 2.75) is 23.4 Å². The molecule has 1 aromatic carbocycles. The SMILES string of the molecule is CC(=O)Nc1ncc(S(=O)(=O)N2CCSC2c2ccc(C)cc2)s1. The zero-order chi connectivity index (χ0) is 17.3. The Morgan fingerprint density at radius 2 is 2.04 bits per heavy atom. The number of anilines is 1. The number of aryl methyl sites for hydroxylation is 1. The van der Waals surface area contributed by atoms with Gasteiger partial charge in [0.2, 0.25) is 5.91 Å². The maximum atomic E-state index is 13.0. The highest BCUT2D eigenvalue weighted by Gasteiger charge is 2.38. The van der Waals surface area contributed by atoms with Gasteiger partial charge in [0.15, 0.2) is 9.34 Å². The molecule has 1 aromatic heterocycles. The highest BCUT2D eigenvalue weighted by Crippen LogP contribution is 2.42. The Hall–Kier alpha value is -1.42. The topological polar surface area (TPSA) is 79.4 Å². The molecule has 1 N–H and O–H groups in total. The minimum absolute atomic E-state index is 0.144. The van der Waals surface area contributed by atoms with E-state index in [4.69, 9.17) is 0 Å². The average molecular weight is 384 g/mol. The average Bonchev–Trinajstić information content (AvgIpc) is 3.17. The van der Waals surface area contributed by atoms with Gasteiger partial charge in [-0.05, 0) is 12.5 Å². The van der Waals surface area contributed by atoms with E-state index >= 15 is 0 Å². The molecule has 0 bridgehead atoms. The molecular formula is C15H17N3O3S3. The van der Waals surface area contributed by atoms with Gasteiger partial charge in [0.25, 0.3) is 10.0 Å². The van der Waals surface area contributed by atoms with Gasteiger partial charge in [-0.25, -0.2) is 13.4 Å². The Morgan fingerprint density at radius 1 is 1.33 bits per heavy atom. The summed E-state index contributed by atoms with van der Waals surface area (Å²) in [6, 6.07) is 7.91. The van der Waals surface area contributed by atoms with E-state index in [2.05, 4.69) is 10.3 Å². The number of carbonyl (C=O) groups excluding carboxylic acids is 1. The molecule has 1 aliphatic heterocycles.